The molecule has 2 aliphatic rings. The Morgan fingerprint density at radius 2 is 1.11 bits per heavy atom. The molecule has 0 aromatic carbocycles. The van der Waals surface area contributed by atoms with Crippen LogP contribution < -0.4 is 0 Å². The van der Waals surface area contributed by atoms with Gasteiger partial charge in [-0.05, 0) is 25.7 Å². The maximum absolute atomic E-state index is 5.90. The molecule has 0 aliphatic heterocycles. The molecule has 102 valence electrons. The van der Waals surface area contributed by atoms with Crippen molar-refractivity contribution in [3.8, 4) is 0 Å². The Balaban J connectivity index is 0.00000162. The van der Waals surface area contributed by atoms with Gasteiger partial charge >= 0.3 is 0 Å². The third-order valence-corrected chi connectivity index (χ3v) is 5.81. The van der Waals surface area contributed by atoms with Crippen molar-refractivity contribution in [2.75, 3.05) is 0 Å². The average molecular weight is 359 g/mol. The van der Waals surface area contributed by atoms with Crippen LogP contribution in [0.4, 0.5) is 0 Å². The van der Waals surface area contributed by atoms with Crippen LogP contribution in [0.25, 0.3) is 0 Å². The normalized spacial score (nSPS) is 23.6. The zero-order valence-corrected chi connectivity index (χ0v) is 16.5. The summed E-state index contributed by atoms with van der Waals surface area (Å²) in [6.45, 7) is 0. The van der Waals surface area contributed by atoms with E-state index in [9.17, 15) is 0 Å². The van der Waals surface area contributed by atoms with Crippen LogP contribution in [0.3, 0.4) is 0 Å². The van der Waals surface area contributed by atoms with Crippen molar-refractivity contribution in [2.45, 2.75) is 76.4 Å². The molecule has 6 heteroatoms. The summed E-state index contributed by atoms with van der Waals surface area (Å²) in [5.41, 5.74) is -2.41. The molecule has 0 unspecified atom stereocenters. The quantitative estimate of drug-likeness (QED) is 0.419. The van der Waals surface area contributed by atoms with Crippen LogP contribution in [0, 0.1) is 0 Å². The van der Waals surface area contributed by atoms with Gasteiger partial charge in [0.05, 0.1) is 17.9 Å². The van der Waals surface area contributed by atoms with Gasteiger partial charge < -0.3 is 21.3 Å². The fourth-order valence-electron chi connectivity index (χ4n) is 2.73. The first kappa shape index (κ1) is 17.6. The maximum Gasteiger partial charge on any atom is 0.0631 e. The Bertz CT molecular complexity index is 255. The minimum absolute atomic E-state index is 0. The first-order valence-electron chi connectivity index (χ1n) is 6.83. The van der Waals surface area contributed by atoms with Gasteiger partial charge in [-0.2, -0.15) is 0 Å². The van der Waals surface area contributed by atoms with Crippen LogP contribution >= 0.6 is 5.69 Å². The Morgan fingerprint density at radius 1 is 0.778 bits per heavy atom. The van der Waals surface area contributed by atoms with E-state index in [1.165, 1.54) is 38.5 Å². The smallest absolute Gasteiger partial charge is 0.0631 e. The van der Waals surface area contributed by atoms with E-state index in [-0.39, 0.29) is 31.7 Å². The third kappa shape index (κ3) is 6.33. The first-order valence-corrected chi connectivity index (χ1v) is 10.5. The van der Waals surface area contributed by atoms with Crippen LogP contribution in [-0.2, 0) is 52.6 Å². The topological polar surface area (TPSA) is 18.5 Å². The number of hydrogen-bond donors (Lipinski definition) is 0. The molecule has 0 radical (unpaired) electrons. The second-order valence-corrected chi connectivity index (χ2v) is 10.1. The second kappa shape index (κ2) is 8.75. The largest absolute Gasteiger partial charge is 0.691 e. The van der Waals surface area contributed by atoms with Crippen LogP contribution in [0.1, 0.15) is 64.2 Å². The van der Waals surface area contributed by atoms with Gasteiger partial charge in [-0.25, -0.2) is 0 Å². The summed E-state index contributed by atoms with van der Waals surface area (Å²) in [7, 11) is 0. The molecule has 0 atom stereocenters. The van der Waals surface area contributed by atoms with Crippen molar-refractivity contribution >= 4 is 29.7 Å². The predicted molar refractivity (Wildman–Crippen MR) is 77.6 cm³/mol. The molecular weight excluding hydrogens is 337 g/mol. The Hall–Kier alpha value is 1.54. The molecule has 0 heterocycles. The van der Waals surface area contributed by atoms with E-state index >= 15 is 0 Å². The zero-order valence-electron chi connectivity index (χ0n) is 11.0. The maximum atomic E-state index is 5.90. The number of hydrogen-bond acceptors (Lipinski definition) is 4. The summed E-state index contributed by atoms with van der Waals surface area (Å²) >= 11 is 10.8. The summed E-state index contributed by atoms with van der Waals surface area (Å²) in [6, 6.07) is 0. The molecule has 0 amide bonds. The van der Waals surface area contributed by atoms with E-state index in [4.69, 9.17) is 33.1 Å². The molecule has 2 aliphatic carbocycles. The fraction of sp³-hybridized carbons (Fsp3) is 1.00. The van der Waals surface area contributed by atoms with Gasteiger partial charge in [-0.15, -0.1) is 0 Å². The SMILES string of the molecule is S=P([S-])(OC1CCCCC1)OC1CCCCC1.[Zn]. The fourth-order valence-corrected chi connectivity index (χ4v) is 5.39. The standard InChI is InChI=1S/C12H23O2PS2.Zn/c16-15(17,13-11-7-3-1-4-8-11)14-12-9-5-2-6-10-12;/h11-12H,1-10H2,(H,16,17);/p-1. The van der Waals surface area contributed by atoms with Crippen LogP contribution in [0.15, 0.2) is 0 Å². The monoisotopic (exact) mass is 357 g/mol. The van der Waals surface area contributed by atoms with Crippen molar-refractivity contribution in [1.82, 2.24) is 0 Å². The Labute approximate surface area is 134 Å². The molecule has 2 fully saturated rings. The predicted octanol–water partition coefficient (Wildman–Crippen LogP) is 4.45. The molecule has 0 N–H and O–H groups in total. The van der Waals surface area contributed by atoms with Crippen molar-refractivity contribution in [3.63, 3.8) is 0 Å². The van der Waals surface area contributed by atoms with E-state index < -0.39 is 5.69 Å². The van der Waals surface area contributed by atoms with Gasteiger partial charge in [0.2, 0.25) is 0 Å². The van der Waals surface area contributed by atoms with Crippen molar-refractivity contribution in [3.05, 3.63) is 0 Å². The van der Waals surface area contributed by atoms with E-state index in [0.717, 1.165) is 25.7 Å². The molecule has 2 nitrogen and oxygen atoms in total. The summed E-state index contributed by atoms with van der Waals surface area (Å²) in [4.78, 5) is 0. The molecule has 0 saturated heterocycles. The van der Waals surface area contributed by atoms with Crippen LogP contribution in [0.2, 0.25) is 0 Å². The van der Waals surface area contributed by atoms with Gasteiger partial charge in [-0.1, -0.05) is 50.3 Å². The Kier molecular flexibility index (Phi) is 8.55. The summed E-state index contributed by atoms with van der Waals surface area (Å²) < 4.78 is 11.8. The van der Waals surface area contributed by atoms with Gasteiger partial charge in [0, 0.05) is 19.5 Å². The van der Waals surface area contributed by atoms with Gasteiger partial charge in [0.15, 0.2) is 0 Å². The van der Waals surface area contributed by atoms with Gasteiger partial charge in [0.1, 0.15) is 0 Å². The van der Waals surface area contributed by atoms with Crippen molar-refractivity contribution < 1.29 is 28.5 Å². The van der Waals surface area contributed by atoms with Gasteiger partial charge in [0.25, 0.3) is 0 Å². The number of rotatable bonds is 4. The summed E-state index contributed by atoms with van der Waals surface area (Å²) in [5.74, 6) is 0. The molecule has 18 heavy (non-hydrogen) atoms. The van der Waals surface area contributed by atoms with Crippen LogP contribution in [0.5, 0.6) is 0 Å². The molecule has 0 aromatic heterocycles. The van der Waals surface area contributed by atoms with E-state index in [0.29, 0.717) is 0 Å². The molecule has 0 bridgehead atoms. The first-order chi connectivity index (χ1) is 8.16. The van der Waals surface area contributed by atoms with Crippen molar-refractivity contribution in [1.29, 1.82) is 0 Å². The average Bonchev–Trinajstić information content (AvgIpc) is 2.30. The minimum atomic E-state index is -2.41. The van der Waals surface area contributed by atoms with E-state index in [2.05, 4.69) is 0 Å². The molecule has 0 aromatic rings. The Morgan fingerprint density at radius 3 is 1.44 bits per heavy atom. The van der Waals surface area contributed by atoms with E-state index in [1.807, 2.05) is 0 Å². The van der Waals surface area contributed by atoms with E-state index in [1.54, 1.807) is 0 Å². The summed E-state index contributed by atoms with van der Waals surface area (Å²) in [5, 5.41) is 0. The molecule has 2 rings (SSSR count). The second-order valence-electron chi connectivity index (χ2n) is 5.18. The zero-order chi connectivity index (χ0) is 12.1. The summed E-state index contributed by atoms with van der Waals surface area (Å²) in [6.07, 6.45) is 12.6. The third-order valence-electron chi connectivity index (χ3n) is 3.66. The van der Waals surface area contributed by atoms with Gasteiger partial charge in [-0.3, -0.25) is 0 Å². The van der Waals surface area contributed by atoms with Crippen molar-refractivity contribution in [2.24, 2.45) is 0 Å². The van der Waals surface area contributed by atoms with Crippen LogP contribution in [-0.4, -0.2) is 12.2 Å². The molecular formula is C12H22O2PS2Zn-. The molecule has 0 spiro atoms. The molecule has 2 saturated carbocycles. The minimum Gasteiger partial charge on any atom is -0.691 e.